The lowest BCUT2D eigenvalue weighted by Gasteiger charge is -2.03. The van der Waals surface area contributed by atoms with E-state index in [4.69, 9.17) is 4.42 Å². The van der Waals surface area contributed by atoms with E-state index in [1.165, 1.54) is 16.0 Å². The highest BCUT2D eigenvalue weighted by molar-refractivity contribution is 9.10. The van der Waals surface area contributed by atoms with Gasteiger partial charge >= 0.3 is 0 Å². The molecule has 0 saturated carbocycles. The first-order valence-electron chi connectivity index (χ1n) is 5.78. The van der Waals surface area contributed by atoms with Crippen molar-refractivity contribution in [1.29, 1.82) is 0 Å². The minimum absolute atomic E-state index is 0.861. The van der Waals surface area contributed by atoms with Gasteiger partial charge < -0.3 is 4.42 Å². The van der Waals surface area contributed by atoms with Crippen LogP contribution < -0.4 is 5.19 Å². The smallest absolute Gasteiger partial charge is 0.149 e. The molecule has 0 amide bonds. The lowest BCUT2D eigenvalue weighted by atomic mass is 10.1. The van der Waals surface area contributed by atoms with Gasteiger partial charge in [0.1, 0.15) is 11.2 Å². The van der Waals surface area contributed by atoms with Crippen LogP contribution in [0.25, 0.3) is 21.9 Å². The zero-order valence-corrected chi connectivity index (χ0v) is 12.6. The predicted molar refractivity (Wildman–Crippen MR) is 79.9 cm³/mol. The summed E-state index contributed by atoms with van der Waals surface area (Å²) in [5.41, 5.74) is 2.04. The summed E-state index contributed by atoms with van der Waals surface area (Å²) in [7, 11) is -0.861. The molecule has 17 heavy (non-hydrogen) atoms. The summed E-state index contributed by atoms with van der Waals surface area (Å²) in [4.78, 5) is 0. The van der Waals surface area contributed by atoms with E-state index in [-0.39, 0.29) is 0 Å². The Balaban J connectivity index is 2.51. The van der Waals surface area contributed by atoms with E-state index >= 15 is 0 Å². The van der Waals surface area contributed by atoms with Crippen LogP contribution in [0.1, 0.15) is 0 Å². The molecule has 0 saturated heterocycles. The van der Waals surface area contributed by atoms with Crippen molar-refractivity contribution in [2.45, 2.75) is 13.1 Å². The van der Waals surface area contributed by atoms with Crippen molar-refractivity contribution in [3.8, 4) is 0 Å². The number of rotatable bonds is 1. The van der Waals surface area contributed by atoms with Gasteiger partial charge in [0.15, 0.2) is 0 Å². The molecule has 1 nitrogen and oxygen atoms in total. The molecule has 1 aromatic heterocycles. The molecule has 0 atom stereocenters. The molecule has 86 valence electrons. The van der Waals surface area contributed by atoms with Crippen LogP contribution in [-0.4, -0.2) is 8.80 Å². The van der Waals surface area contributed by atoms with Gasteiger partial charge in [-0.05, 0) is 27.2 Å². The number of para-hydroxylation sites is 2. The molecule has 1 heterocycles. The van der Waals surface area contributed by atoms with Crippen LogP contribution in [0.3, 0.4) is 0 Å². The Kier molecular flexibility index (Phi) is 2.60. The van der Waals surface area contributed by atoms with Crippen molar-refractivity contribution in [1.82, 2.24) is 0 Å². The third-order valence-corrected chi connectivity index (χ3v) is 5.45. The lowest BCUT2D eigenvalue weighted by Crippen LogP contribution is -2.22. The molecule has 0 aliphatic carbocycles. The van der Waals surface area contributed by atoms with Crippen molar-refractivity contribution < 1.29 is 4.42 Å². The second kappa shape index (κ2) is 4.00. The average molecular weight is 305 g/mol. The fraction of sp³-hybridized carbons (Fsp3) is 0.143. The maximum Gasteiger partial charge on any atom is 0.149 e. The minimum atomic E-state index is -0.861. The highest BCUT2D eigenvalue weighted by Gasteiger charge is 2.14. The van der Waals surface area contributed by atoms with Crippen molar-refractivity contribution in [3.05, 3.63) is 40.9 Å². The van der Waals surface area contributed by atoms with Gasteiger partial charge in [-0.2, -0.15) is 0 Å². The molecule has 0 fully saturated rings. The first-order chi connectivity index (χ1) is 8.18. The SMILES string of the molecule is C[SiH](C)c1cccc2c1oc1c(Br)cccc12. The maximum absolute atomic E-state index is 6.06. The standard InChI is InChI=1S/C14H13BrOSi/c1-17(2)12-8-4-6-10-9-5-3-7-11(15)13(9)16-14(10)12/h3-8,17H,1-2H3. The van der Waals surface area contributed by atoms with Crippen molar-refractivity contribution in [3.63, 3.8) is 0 Å². The second-order valence-corrected chi connectivity index (χ2v) is 8.38. The van der Waals surface area contributed by atoms with Gasteiger partial charge in [-0.3, -0.25) is 0 Å². The maximum atomic E-state index is 6.06. The second-order valence-electron chi connectivity index (χ2n) is 4.60. The molecule has 3 heteroatoms. The quantitative estimate of drug-likeness (QED) is 0.618. The Labute approximate surface area is 110 Å². The van der Waals surface area contributed by atoms with E-state index in [0.29, 0.717) is 0 Å². The largest absolute Gasteiger partial charge is 0.455 e. The first kappa shape index (κ1) is 11.1. The van der Waals surface area contributed by atoms with Crippen molar-refractivity contribution in [2.75, 3.05) is 0 Å². The highest BCUT2D eigenvalue weighted by atomic mass is 79.9. The summed E-state index contributed by atoms with van der Waals surface area (Å²) in [6, 6.07) is 12.7. The molecular weight excluding hydrogens is 292 g/mol. The molecule has 0 aliphatic rings. The Morgan fingerprint density at radius 2 is 1.59 bits per heavy atom. The molecule has 0 N–H and O–H groups in total. The first-order valence-corrected chi connectivity index (χ1v) is 9.46. The molecule has 0 aliphatic heterocycles. The zero-order valence-electron chi connectivity index (χ0n) is 9.83. The minimum Gasteiger partial charge on any atom is -0.455 e. The van der Waals surface area contributed by atoms with Gasteiger partial charge in [0.25, 0.3) is 0 Å². The summed E-state index contributed by atoms with van der Waals surface area (Å²) in [6.45, 7) is 4.66. The number of hydrogen-bond donors (Lipinski definition) is 0. The number of hydrogen-bond acceptors (Lipinski definition) is 1. The third kappa shape index (κ3) is 1.65. The molecule has 0 spiro atoms. The van der Waals surface area contributed by atoms with Crippen LogP contribution in [0, 0.1) is 0 Å². The van der Waals surface area contributed by atoms with Gasteiger partial charge in [-0.1, -0.05) is 43.4 Å². The zero-order chi connectivity index (χ0) is 12.0. The van der Waals surface area contributed by atoms with Crippen molar-refractivity contribution >= 4 is 51.9 Å². The van der Waals surface area contributed by atoms with Crippen LogP contribution in [0.15, 0.2) is 45.3 Å². The van der Waals surface area contributed by atoms with Crippen molar-refractivity contribution in [2.24, 2.45) is 0 Å². The van der Waals surface area contributed by atoms with E-state index < -0.39 is 8.80 Å². The molecule has 0 radical (unpaired) electrons. The van der Waals surface area contributed by atoms with Gasteiger partial charge in [-0.25, -0.2) is 0 Å². The molecule has 3 aromatic rings. The van der Waals surface area contributed by atoms with Crippen LogP contribution in [0.5, 0.6) is 0 Å². The molecule has 0 unspecified atom stereocenters. The Morgan fingerprint density at radius 1 is 0.941 bits per heavy atom. The Hall–Kier alpha value is -1.06. The molecule has 2 aromatic carbocycles. The summed E-state index contributed by atoms with van der Waals surface area (Å²) in [6.07, 6.45) is 0. The summed E-state index contributed by atoms with van der Waals surface area (Å²) in [5.74, 6) is 0. The van der Waals surface area contributed by atoms with E-state index in [2.05, 4.69) is 59.4 Å². The Bertz CT molecular complexity index is 700. The summed E-state index contributed by atoms with van der Waals surface area (Å²) < 4.78 is 7.09. The van der Waals surface area contributed by atoms with E-state index in [0.717, 1.165) is 15.6 Å². The van der Waals surface area contributed by atoms with E-state index in [1.807, 2.05) is 6.07 Å². The van der Waals surface area contributed by atoms with E-state index in [1.54, 1.807) is 0 Å². The monoisotopic (exact) mass is 304 g/mol. The topological polar surface area (TPSA) is 13.1 Å². The highest BCUT2D eigenvalue weighted by Crippen LogP contribution is 2.32. The van der Waals surface area contributed by atoms with Crippen LogP contribution >= 0.6 is 15.9 Å². The molecule has 3 rings (SSSR count). The number of benzene rings is 2. The number of halogens is 1. The fourth-order valence-electron chi connectivity index (χ4n) is 2.26. The number of furan rings is 1. The summed E-state index contributed by atoms with van der Waals surface area (Å²) >= 11 is 3.55. The average Bonchev–Trinajstić information content (AvgIpc) is 2.69. The van der Waals surface area contributed by atoms with Crippen LogP contribution in [-0.2, 0) is 0 Å². The van der Waals surface area contributed by atoms with Gasteiger partial charge in [0, 0.05) is 10.8 Å². The number of fused-ring (bicyclic) bond motifs is 3. The lowest BCUT2D eigenvalue weighted by molar-refractivity contribution is 0.669. The fourth-order valence-corrected chi connectivity index (χ4v) is 3.94. The molecule has 0 bridgehead atoms. The molecular formula is C14H13BrOSi. The van der Waals surface area contributed by atoms with Gasteiger partial charge in [0.05, 0.1) is 13.3 Å². The van der Waals surface area contributed by atoms with E-state index in [9.17, 15) is 0 Å². The third-order valence-electron chi connectivity index (χ3n) is 3.13. The normalized spacial score (nSPS) is 11.8. The van der Waals surface area contributed by atoms with Gasteiger partial charge in [0.2, 0.25) is 0 Å². The van der Waals surface area contributed by atoms with Gasteiger partial charge in [-0.15, -0.1) is 0 Å². The predicted octanol–water partition coefficient (Wildman–Crippen LogP) is 4.04. The van der Waals surface area contributed by atoms with Crippen LogP contribution in [0.2, 0.25) is 13.1 Å². The summed E-state index contributed by atoms with van der Waals surface area (Å²) in [5, 5.41) is 3.84. The Morgan fingerprint density at radius 3 is 2.29 bits per heavy atom. The van der Waals surface area contributed by atoms with Crippen LogP contribution in [0.4, 0.5) is 0 Å².